The number of nitrogens with one attached hydrogen (secondary N) is 2. The van der Waals surface area contributed by atoms with Crippen molar-refractivity contribution in [1.29, 1.82) is 0 Å². The third-order valence-corrected chi connectivity index (χ3v) is 6.34. The smallest absolute Gasteiger partial charge is 0.272 e. The van der Waals surface area contributed by atoms with Gasteiger partial charge in [0.25, 0.3) is 5.91 Å². The lowest BCUT2D eigenvalue weighted by Gasteiger charge is -2.27. The molecule has 31 heavy (non-hydrogen) atoms. The van der Waals surface area contributed by atoms with Crippen LogP contribution < -0.4 is 0 Å². The average molecular weight is 413 g/mol. The monoisotopic (exact) mass is 413 g/mol. The fourth-order valence-electron chi connectivity index (χ4n) is 4.71. The number of H-pyrrole nitrogens is 2. The van der Waals surface area contributed by atoms with Crippen molar-refractivity contribution >= 4 is 5.91 Å². The van der Waals surface area contributed by atoms with Crippen LogP contribution in [-0.2, 0) is 25.8 Å². The number of aromatic amines is 2. The molecule has 0 atom stereocenters. The number of carbonyl (C=O) groups excluding carboxylic acids is 1. The minimum absolute atomic E-state index is 0.0370. The number of amides is 1. The van der Waals surface area contributed by atoms with Gasteiger partial charge in [0.15, 0.2) is 0 Å². The Morgan fingerprint density at radius 2 is 1.71 bits per heavy atom. The Bertz CT molecular complexity index is 1300. The molecule has 0 fully saturated rings. The van der Waals surface area contributed by atoms with E-state index in [-0.39, 0.29) is 11.7 Å². The van der Waals surface area contributed by atoms with Crippen LogP contribution in [0.3, 0.4) is 0 Å². The van der Waals surface area contributed by atoms with E-state index in [9.17, 15) is 9.18 Å². The summed E-state index contributed by atoms with van der Waals surface area (Å²) in [5.41, 5.74) is 8.47. The third kappa shape index (κ3) is 2.88. The number of benzene rings is 2. The molecule has 6 rings (SSSR count). The molecule has 2 N–H and O–H groups in total. The molecule has 2 aliphatic rings. The Morgan fingerprint density at radius 1 is 0.903 bits per heavy atom. The molecule has 1 amide bonds. The molecule has 154 valence electrons. The number of halogens is 1. The van der Waals surface area contributed by atoms with Crippen LogP contribution in [0.1, 0.15) is 32.9 Å². The maximum absolute atomic E-state index is 13.4. The molecule has 0 radical (unpaired) electrons. The first-order chi connectivity index (χ1) is 15.2. The van der Waals surface area contributed by atoms with Gasteiger partial charge < -0.3 is 4.90 Å². The summed E-state index contributed by atoms with van der Waals surface area (Å²) in [5.74, 6) is -0.319. The Balaban J connectivity index is 1.31. The topological polar surface area (TPSA) is 77.7 Å². The molecule has 0 spiro atoms. The van der Waals surface area contributed by atoms with Crippen LogP contribution in [0, 0.1) is 5.82 Å². The number of aromatic nitrogens is 4. The Hall–Kier alpha value is -3.74. The van der Waals surface area contributed by atoms with Crippen LogP contribution in [0.4, 0.5) is 4.39 Å². The van der Waals surface area contributed by atoms with E-state index in [0.29, 0.717) is 25.2 Å². The quantitative estimate of drug-likeness (QED) is 0.523. The van der Waals surface area contributed by atoms with Gasteiger partial charge in [-0.25, -0.2) is 4.39 Å². The van der Waals surface area contributed by atoms with E-state index in [1.54, 1.807) is 12.1 Å². The van der Waals surface area contributed by atoms with Crippen LogP contribution in [0.25, 0.3) is 22.5 Å². The molecule has 4 aromatic rings. The van der Waals surface area contributed by atoms with Gasteiger partial charge in [0.1, 0.15) is 11.5 Å². The molecular formula is C24H20FN5O. The van der Waals surface area contributed by atoms with Gasteiger partial charge in [-0.15, -0.1) is 0 Å². The Labute approximate surface area is 178 Å². The summed E-state index contributed by atoms with van der Waals surface area (Å²) in [6.07, 6.45) is 2.41. The van der Waals surface area contributed by atoms with Crippen molar-refractivity contribution in [2.24, 2.45) is 0 Å². The first kappa shape index (κ1) is 18.1. The Kier molecular flexibility index (Phi) is 4.02. The molecule has 1 aliphatic carbocycles. The van der Waals surface area contributed by atoms with Gasteiger partial charge in [-0.05, 0) is 42.7 Å². The predicted molar refractivity (Wildman–Crippen MR) is 114 cm³/mol. The summed E-state index contributed by atoms with van der Waals surface area (Å²) in [4.78, 5) is 15.3. The summed E-state index contributed by atoms with van der Waals surface area (Å²) in [6, 6.07) is 14.5. The van der Waals surface area contributed by atoms with Crippen molar-refractivity contribution in [1.82, 2.24) is 25.3 Å². The van der Waals surface area contributed by atoms with Crippen molar-refractivity contribution in [3.05, 3.63) is 82.4 Å². The van der Waals surface area contributed by atoms with E-state index in [4.69, 9.17) is 0 Å². The standard InChI is InChI=1S/C24H20FN5O/c25-16-8-5-15(6-9-16)21-19-13-30(12-11-20(19)26-27-21)24(31)23-18-10-7-14-3-1-2-4-17(14)22(18)28-29-23/h1-6,8-9H,7,10-13H2,(H,26,27)(H,28,29). The summed E-state index contributed by atoms with van der Waals surface area (Å²) >= 11 is 0. The van der Waals surface area contributed by atoms with Crippen molar-refractivity contribution in [2.45, 2.75) is 25.8 Å². The Morgan fingerprint density at radius 3 is 2.58 bits per heavy atom. The lowest BCUT2D eigenvalue weighted by Crippen LogP contribution is -2.36. The van der Waals surface area contributed by atoms with Crippen molar-refractivity contribution < 1.29 is 9.18 Å². The van der Waals surface area contributed by atoms with Crippen LogP contribution in [0.2, 0.25) is 0 Å². The minimum atomic E-state index is -0.282. The second-order valence-electron chi connectivity index (χ2n) is 8.10. The highest BCUT2D eigenvalue weighted by molar-refractivity contribution is 5.96. The van der Waals surface area contributed by atoms with E-state index < -0.39 is 0 Å². The first-order valence-electron chi connectivity index (χ1n) is 10.5. The number of fused-ring (bicyclic) bond motifs is 4. The zero-order valence-electron chi connectivity index (χ0n) is 16.8. The second-order valence-corrected chi connectivity index (χ2v) is 8.10. The van der Waals surface area contributed by atoms with Crippen LogP contribution >= 0.6 is 0 Å². The van der Waals surface area contributed by atoms with E-state index in [0.717, 1.165) is 52.2 Å². The van der Waals surface area contributed by atoms with E-state index in [2.05, 4.69) is 32.5 Å². The SMILES string of the molecule is O=C(c1[nH]nc2c1CCc1ccccc1-2)N1CCc2[nH]nc(-c3ccc(F)cc3)c2C1. The zero-order valence-corrected chi connectivity index (χ0v) is 16.8. The lowest BCUT2D eigenvalue weighted by molar-refractivity contribution is 0.0727. The molecule has 2 aromatic carbocycles. The van der Waals surface area contributed by atoms with Crippen LogP contribution in [0.5, 0.6) is 0 Å². The van der Waals surface area contributed by atoms with Gasteiger partial charge in [0.2, 0.25) is 0 Å². The highest BCUT2D eigenvalue weighted by Gasteiger charge is 2.31. The number of aryl methyl sites for hydroxylation is 1. The third-order valence-electron chi connectivity index (χ3n) is 6.34. The predicted octanol–water partition coefficient (Wildman–Crippen LogP) is 3.90. The molecule has 0 saturated carbocycles. The number of carbonyl (C=O) groups is 1. The lowest BCUT2D eigenvalue weighted by atomic mass is 9.89. The van der Waals surface area contributed by atoms with Gasteiger partial charge in [-0.3, -0.25) is 15.0 Å². The van der Waals surface area contributed by atoms with Gasteiger partial charge in [0.05, 0.1) is 17.9 Å². The van der Waals surface area contributed by atoms with Gasteiger partial charge in [-0.2, -0.15) is 10.2 Å². The van der Waals surface area contributed by atoms with Crippen LogP contribution in [0.15, 0.2) is 48.5 Å². The number of rotatable bonds is 2. The fraction of sp³-hybridized carbons (Fsp3) is 0.208. The fourth-order valence-corrected chi connectivity index (χ4v) is 4.71. The number of hydrogen-bond donors (Lipinski definition) is 2. The number of hydrogen-bond acceptors (Lipinski definition) is 3. The van der Waals surface area contributed by atoms with Gasteiger partial charge >= 0.3 is 0 Å². The molecule has 0 unspecified atom stereocenters. The molecule has 0 saturated heterocycles. The first-order valence-corrected chi connectivity index (χ1v) is 10.5. The van der Waals surface area contributed by atoms with Crippen molar-refractivity contribution in [3.8, 4) is 22.5 Å². The van der Waals surface area contributed by atoms with Gasteiger partial charge in [0, 0.05) is 40.9 Å². The highest BCUT2D eigenvalue weighted by atomic mass is 19.1. The normalized spacial score (nSPS) is 14.7. The minimum Gasteiger partial charge on any atom is -0.332 e. The molecule has 1 aliphatic heterocycles. The van der Waals surface area contributed by atoms with Crippen molar-refractivity contribution in [3.63, 3.8) is 0 Å². The average Bonchev–Trinajstić information content (AvgIpc) is 3.43. The summed E-state index contributed by atoms with van der Waals surface area (Å²) in [6.45, 7) is 1.07. The maximum Gasteiger partial charge on any atom is 0.272 e. The molecule has 6 nitrogen and oxygen atoms in total. The zero-order chi connectivity index (χ0) is 20.9. The largest absolute Gasteiger partial charge is 0.332 e. The molecule has 3 heterocycles. The molecule has 2 aromatic heterocycles. The van der Waals surface area contributed by atoms with E-state index in [1.165, 1.54) is 17.7 Å². The van der Waals surface area contributed by atoms with E-state index >= 15 is 0 Å². The second kappa shape index (κ2) is 6.91. The van der Waals surface area contributed by atoms with E-state index in [1.807, 2.05) is 17.0 Å². The summed E-state index contributed by atoms with van der Waals surface area (Å²) in [7, 11) is 0. The molecule has 7 heteroatoms. The van der Waals surface area contributed by atoms with Crippen LogP contribution in [-0.4, -0.2) is 37.7 Å². The molecule has 0 bridgehead atoms. The van der Waals surface area contributed by atoms with Crippen molar-refractivity contribution in [2.75, 3.05) is 6.54 Å². The molecular weight excluding hydrogens is 393 g/mol. The van der Waals surface area contributed by atoms with Gasteiger partial charge in [-0.1, -0.05) is 24.3 Å². The number of nitrogens with zero attached hydrogens (tertiary/aromatic N) is 3. The highest BCUT2D eigenvalue weighted by Crippen LogP contribution is 2.35. The summed E-state index contributed by atoms with van der Waals surface area (Å²) < 4.78 is 13.3. The maximum atomic E-state index is 13.4. The summed E-state index contributed by atoms with van der Waals surface area (Å²) in [5, 5.41) is 15.0.